The Morgan fingerprint density at radius 1 is 0.929 bits per heavy atom. The van der Waals surface area contributed by atoms with Gasteiger partial charge in [-0.2, -0.15) is 10.5 Å². The summed E-state index contributed by atoms with van der Waals surface area (Å²) >= 11 is 5.95. The van der Waals surface area contributed by atoms with Gasteiger partial charge in [-0.3, -0.25) is 4.79 Å². The maximum atomic E-state index is 12.0. The fraction of sp³-hybridized carbons (Fsp3) is 0.0455. The molecule has 1 N–H and O–H groups in total. The number of rotatable bonds is 5. The summed E-state index contributed by atoms with van der Waals surface area (Å²) in [5.74, 6) is 0.224. The molecule has 0 saturated heterocycles. The summed E-state index contributed by atoms with van der Waals surface area (Å²) in [6.45, 7) is -0.159. The van der Waals surface area contributed by atoms with E-state index in [1.807, 2.05) is 30.3 Å². The van der Waals surface area contributed by atoms with Gasteiger partial charge in [0.25, 0.3) is 5.91 Å². The van der Waals surface area contributed by atoms with E-state index >= 15 is 0 Å². The molecule has 3 aromatic carbocycles. The van der Waals surface area contributed by atoms with Crippen LogP contribution in [0.2, 0.25) is 5.02 Å². The second-order valence-corrected chi connectivity index (χ2v) is 6.26. The minimum absolute atomic E-state index is 0.159. The third-order valence-electron chi connectivity index (χ3n) is 3.94. The van der Waals surface area contributed by atoms with Crippen LogP contribution in [-0.2, 0) is 4.79 Å². The summed E-state index contributed by atoms with van der Waals surface area (Å²) in [5.41, 5.74) is 3.42. The molecule has 5 nitrogen and oxygen atoms in total. The van der Waals surface area contributed by atoms with Crippen LogP contribution in [0.1, 0.15) is 11.1 Å². The standard InChI is InChI=1S/C22H14ClN3O2/c23-21-11-19(8-5-18(21)13-25)26-22(27)14-28-20-9-6-17(7-10-20)16-3-1-15(12-24)2-4-16/h1-11H,14H2,(H,26,27). The van der Waals surface area contributed by atoms with Crippen LogP contribution in [0, 0.1) is 22.7 Å². The lowest BCUT2D eigenvalue weighted by Gasteiger charge is -2.09. The highest BCUT2D eigenvalue weighted by atomic mass is 35.5. The first-order valence-corrected chi connectivity index (χ1v) is 8.70. The molecule has 0 bridgehead atoms. The molecule has 1 amide bonds. The zero-order valence-corrected chi connectivity index (χ0v) is 15.4. The number of amides is 1. The van der Waals surface area contributed by atoms with Crippen molar-refractivity contribution in [1.29, 1.82) is 10.5 Å². The third kappa shape index (κ3) is 4.67. The number of nitrogens with one attached hydrogen (secondary N) is 1. The van der Waals surface area contributed by atoms with Gasteiger partial charge < -0.3 is 10.1 Å². The van der Waals surface area contributed by atoms with Gasteiger partial charge >= 0.3 is 0 Å². The number of carbonyl (C=O) groups is 1. The minimum Gasteiger partial charge on any atom is -0.484 e. The summed E-state index contributed by atoms with van der Waals surface area (Å²) < 4.78 is 5.50. The van der Waals surface area contributed by atoms with E-state index in [-0.39, 0.29) is 17.5 Å². The predicted octanol–water partition coefficient (Wildman–Crippen LogP) is 4.77. The van der Waals surface area contributed by atoms with Gasteiger partial charge in [-0.25, -0.2) is 0 Å². The van der Waals surface area contributed by atoms with E-state index < -0.39 is 0 Å². The van der Waals surface area contributed by atoms with Crippen molar-refractivity contribution >= 4 is 23.2 Å². The smallest absolute Gasteiger partial charge is 0.262 e. The van der Waals surface area contributed by atoms with Gasteiger partial charge in [0.1, 0.15) is 11.8 Å². The number of carbonyl (C=O) groups excluding carboxylic acids is 1. The lowest BCUT2D eigenvalue weighted by molar-refractivity contribution is -0.118. The Labute approximate surface area is 167 Å². The number of hydrogen-bond acceptors (Lipinski definition) is 4. The average Bonchev–Trinajstić information content (AvgIpc) is 2.73. The average molecular weight is 388 g/mol. The highest BCUT2D eigenvalue weighted by molar-refractivity contribution is 6.32. The van der Waals surface area contributed by atoms with Crippen molar-refractivity contribution in [2.24, 2.45) is 0 Å². The Balaban J connectivity index is 1.57. The normalized spacial score (nSPS) is 9.82. The largest absolute Gasteiger partial charge is 0.484 e. The van der Waals surface area contributed by atoms with Gasteiger partial charge in [-0.1, -0.05) is 35.9 Å². The minimum atomic E-state index is -0.336. The van der Waals surface area contributed by atoms with Crippen molar-refractivity contribution in [3.8, 4) is 29.0 Å². The zero-order valence-electron chi connectivity index (χ0n) is 14.6. The Kier molecular flexibility index (Phi) is 5.91. The molecule has 0 radical (unpaired) electrons. The van der Waals surface area contributed by atoms with E-state index in [4.69, 9.17) is 26.9 Å². The molecule has 0 heterocycles. The van der Waals surface area contributed by atoms with E-state index in [9.17, 15) is 4.79 Å². The van der Waals surface area contributed by atoms with Crippen molar-refractivity contribution in [1.82, 2.24) is 0 Å². The maximum absolute atomic E-state index is 12.0. The van der Waals surface area contributed by atoms with Gasteiger partial charge in [0.15, 0.2) is 6.61 Å². The summed E-state index contributed by atoms with van der Waals surface area (Å²) in [5, 5.41) is 20.7. The number of halogens is 1. The number of ether oxygens (including phenoxy) is 1. The van der Waals surface area contributed by atoms with Crippen LogP contribution in [0.4, 0.5) is 5.69 Å². The molecule has 0 saturated carbocycles. The van der Waals surface area contributed by atoms with E-state index in [1.54, 1.807) is 36.4 Å². The van der Waals surface area contributed by atoms with Crippen LogP contribution in [0.5, 0.6) is 5.75 Å². The van der Waals surface area contributed by atoms with Gasteiger partial charge in [0, 0.05) is 5.69 Å². The van der Waals surface area contributed by atoms with Crippen LogP contribution < -0.4 is 10.1 Å². The molecule has 28 heavy (non-hydrogen) atoms. The van der Waals surface area contributed by atoms with Crippen LogP contribution in [0.15, 0.2) is 66.7 Å². The van der Waals surface area contributed by atoms with E-state index in [1.165, 1.54) is 6.07 Å². The molecule has 0 aliphatic rings. The fourth-order valence-corrected chi connectivity index (χ4v) is 2.73. The summed E-state index contributed by atoms with van der Waals surface area (Å²) in [4.78, 5) is 12.0. The van der Waals surface area contributed by atoms with Crippen molar-refractivity contribution in [3.05, 3.63) is 82.9 Å². The fourth-order valence-electron chi connectivity index (χ4n) is 2.51. The molecule has 0 spiro atoms. The first-order chi connectivity index (χ1) is 13.6. The first-order valence-electron chi connectivity index (χ1n) is 8.32. The third-order valence-corrected chi connectivity index (χ3v) is 4.26. The van der Waals surface area contributed by atoms with Crippen LogP contribution >= 0.6 is 11.6 Å². The Morgan fingerprint density at radius 2 is 1.57 bits per heavy atom. The molecular formula is C22H14ClN3O2. The van der Waals surface area contributed by atoms with E-state index in [0.717, 1.165) is 11.1 Å². The highest BCUT2D eigenvalue weighted by Gasteiger charge is 2.07. The lowest BCUT2D eigenvalue weighted by atomic mass is 10.0. The number of benzene rings is 3. The molecule has 3 aromatic rings. The summed E-state index contributed by atoms with van der Waals surface area (Å²) in [6, 6.07) is 23.3. The topological polar surface area (TPSA) is 85.9 Å². The summed E-state index contributed by atoms with van der Waals surface area (Å²) in [6.07, 6.45) is 0. The van der Waals surface area contributed by atoms with Crippen LogP contribution in [-0.4, -0.2) is 12.5 Å². The van der Waals surface area contributed by atoms with Crippen molar-refractivity contribution in [2.75, 3.05) is 11.9 Å². The first kappa shape index (κ1) is 19.0. The molecule has 0 fully saturated rings. The zero-order chi connectivity index (χ0) is 19.9. The molecular weight excluding hydrogens is 374 g/mol. The number of hydrogen-bond donors (Lipinski definition) is 1. The van der Waals surface area contributed by atoms with Crippen LogP contribution in [0.25, 0.3) is 11.1 Å². The van der Waals surface area contributed by atoms with Crippen molar-refractivity contribution in [3.63, 3.8) is 0 Å². The van der Waals surface area contributed by atoms with Crippen molar-refractivity contribution in [2.45, 2.75) is 0 Å². The molecule has 136 valence electrons. The highest BCUT2D eigenvalue weighted by Crippen LogP contribution is 2.23. The van der Waals surface area contributed by atoms with E-state index in [0.29, 0.717) is 22.6 Å². The molecule has 0 aliphatic heterocycles. The van der Waals surface area contributed by atoms with Gasteiger partial charge in [-0.05, 0) is 53.6 Å². The molecule has 0 aromatic heterocycles. The second-order valence-electron chi connectivity index (χ2n) is 5.86. The molecule has 0 atom stereocenters. The second kappa shape index (κ2) is 8.73. The number of nitriles is 2. The Hall–Kier alpha value is -3.80. The van der Waals surface area contributed by atoms with E-state index in [2.05, 4.69) is 11.4 Å². The lowest BCUT2D eigenvalue weighted by Crippen LogP contribution is -2.20. The number of anilines is 1. The van der Waals surface area contributed by atoms with Crippen LogP contribution in [0.3, 0.4) is 0 Å². The van der Waals surface area contributed by atoms with Gasteiger partial charge in [0.05, 0.1) is 22.2 Å². The monoisotopic (exact) mass is 387 g/mol. The van der Waals surface area contributed by atoms with Gasteiger partial charge in [-0.15, -0.1) is 0 Å². The molecule has 6 heteroatoms. The Bertz CT molecular complexity index is 1080. The SMILES string of the molecule is N#Cc1ccc(-c2ccc(OCC(=O)Nc3ccc(C#N)c(Cl)c3)cc2)cc1. The maximum Gasteiger partial charge on any atom is 0.262 e. The quantitative estimate of drug-likeness (QED) is 0.683. The van der Waals surface area contributed by atoms with Crippen molar-refractivity contribution < 1.29 is 9.53 Å². The Morgan fingerprint density at radius 3 is 2.14 bits per heavy atom. The number of nitrogens with zero attached hydrogens (tertiary/aromatic N) is 2. The molecule has 3 rings (SSSR count). The van der Waals surface area contributed by atoms with Gasteiger partial charge in [0.2, 0.25) is 0 Å². The molecule has 0 aliphatic carbocycles. The summed E-state index contributed by atoms with van der Waals surface area (Å²) in [7, 11) is 0. The molecule has 0 unspecified atom stereocenters. The predicted molar refractivity (Wildman–Crippen MR) is 107 cm³/mol.